The SMILES string of the molecule is C[C@@H](NC(=O)c1cc2cc(Cl)nnc2[nH]1)C(=O)N1CCC2(CC1)CC2. The quantitative estimate of drug-likeness (QED) is 0.876. The molecule has 1 spiro atoms. The van der Waals surface area contributed by atoms with Crippen LogP contribution in [0.4, 0.5) is 0 Å². The van der Waals surface area contributed by atoms with Gasteiger partial charge in [-0.05, 0) is 50.2 Å². The number of nitrogens with one attached hydrogen (secondary N) is 2. The third-order valence-electron chi connectivity index (χ3n) is 5.40. The molecule has 0 aromatic carbocycles. The van der Waals surface area contributed by atoms with Crippen molar-refractivity contribution in [2.45, 2.75) is 38.6 Å². The maximum absolute atomic E-state index is 12.6. The van der Waals surface area contributed by atoms with E-state index in [1.54, 1.807) is 19.1 Å². The summed E-state index contributed by atoms with van der Waals surface area (Å²) < 4.78 is 0. The molecule has 2 aliphatic rings. The topological polar surface area (TPSA) is 91.0 Å². The highest BCUT2D eigenvalue weighted by Gasteiger charge is 2.45. The standard InChI is InChI=1S/C17H20ClN5O2/c1-10(16(25)23-6-4-17(2-3-17)5-7-23)19-15(24)12-8-11-9-13(18)21-22-14(11)20-12/h8-10H,2-7H2,1H3,(H,19,24)(H,20,22)/t10-/m1/s1. The van der Waals surface area contributed by atoms with Crippen LogP contribution in [0.15, 0.2) is 12.1 Å². The van der Waals surface area contributed by atoms with Crippen molar-refractivity contribution in [2.75, 3.05) is 13.1 Å². The van der Waals surface area contributed by atoms with Crippen molar-refractivity contribution >= 4 is 34.4 Å². The Morgan fingerprint density at radius 1 is 1.24 bits per heavy atom. The van der Waals surface area contributed by atoms with E-state index in [0.29, 0.717) is 22.1 Å². The third-order valence-corrected chi connectivity index (χ3v) is 5.59. The van der Waals surface area contributed by atoms with Crippen molar-refractivity contribution in [1.29, 1.82) is 0 Å². The summed E-state index contributed by atoms with van der Waals surface area (Å²) in [4.78, 5) is 29.8. The molecule has 1 saturated carbocycles. The van der Waals surface area contributed by atoms with E-state index < -0.39 is 6.04 Å². The first-order chi connectivity index (χ1) is 12.0. The molecule has 1 saturated heterocycles. The number of nitrogens with zero attached hydrogens (tertiary/aromatic N) is 3. The van der Waals surface area contributed by atoms with Gasteiger partial charge in [0.25, 0.3) is 5.91 Å². The molecule has 132 valence electrons. The van der Waals surface area contributed by atoms with E-state index in [1.165, 1.54) is 12.8 Å². The van der Waals surface area contributed by atoms with Gasteiger partial charge in [0.05, 0.1) is 0 Å². The first-order valence-corrected chi connectivity index (χ1v) is 8.95. The lowest BCUT2D eigenvalue weighted by Crippen LogP contribution is -2.49. The molecular formula is C17H20ClN5O2. The van der Waals surface area contributed by atoms with Gasteiger partial charge in [0, 0.05) is 18.5 Å². The summed E-state index contributed by atoms with van der Waals surface area (Å²) >= 11 is 5.81. The molecule has 8 heteroatoms. The van der Waals surface area contributed by atoms with Crippen molar-refractivity contribution in [3.8, 4) is 0 Å². The van der Waals surface area contributed by atoms with Gasteiger partial charge < -0.3 is 15.2 Å². The Morgan fingerprint density at radius 2 is 1.96 bits per heavy atom. The Labute approximate surface area is 150 Å². The summed E-state index contributed by atoms with van der Waals surface area (Å²) in [6.07, 6.45) is 4.77. The summed E-state index contributed by atoms with van der Waals surface area (Å²) in [6, 6.07) is 2.72. The van der Waals surface area contributed by atoms with E-state index in [0.717, 1.165) is 25.9 Å². The zero-order valence-electron chi connectivity index (χ0n) is 14.0. The number of rotatable bonds is 3. The molecule has 2 aromatic rings. The van der Waals surface area contributed by atoms with E-state index in [-0.39, 0.29) is 17.0 Å². The van der Waals surface area contributed by atoms with Crippen LogP contribution in [0.1, 0.15) is 43.1 Å². The molecule has 1 aliphatic heterocycles. The van der Waals surface area contributed by atoms with E-state index in [2.05, 4.69) is 20.5 Å². The van der Waals surface area contributed by atoms with E-state index >= 15 is 0 Å². The Morgan fingerprint density at radius 3 is 2.64 bits per heavy atom. The molecule has 0 bridgehead atoms. The Kier molecular flexibility index (Phi) is 3.91. The van der Waals surface area contributed by atoms with E-state index in [1.807, 2.05) is 4.90 Å². The van der Waals surface area contributed by atoms with Crippen LogP contribution < -0.4 is 5.32 Å². The number of likely N-dealkylation sites (tertiary alicyclic amines) is 1. The van der Waals surface area contributed by atoms with Crippen molar-refractivity contribution < 1.29 is 9.59 Å². The smallest absolute Gasteiger partial charge is 0.268 e. The van der Waals surface area contributed by atoms with E-state index in [4.69, 9.17) is 11.6 Å². The van der Waals surface area contributed by atoms with Gasteiger partial charge in [-0.3, -0.25) is 9.59 Å². The lowest BCUT2D eigenvalue weighted by atomic mass is 9.93. The van der Waals surface area contributed by atoms with Crippen LogP contribution in [0.25, 0.3) is 11.0 Å². The highest BCUT2D eigenvalue weighted by molar-refractivity contribution is 6.29. The molecule has 2 amide bonds. The number of hydrogen-bond donors (Lipinski definition) is 2. The first kappa shape index (κ1) is 16.3. The number of amides is 2. The Hall–Kier alpha value is -2.15. The summed E-state index contributed by atoms with van der Waals surface area (Å²) in [6.45, 7) is 3.31. The average Bonchev–Trinajstić information content (AvgIpc) is 3.21. The van der Waals surface area contributed by atoms with Crippen LogP contribution in [0, 0.1) is 5.41 Å². The van der Waals surface area contributed by atoms with Crippen LogP contribution in [-0.4, -0.2) is 51.0 Å². The monoisotopic (exact) mass is 361 g/mol. The number of fused-ring (bicyclic) bond motifs is 1. The highest BCUT2D eigenvalue weighted by Crippen LogP contribution is 2.53. The van der Waals surface area contributed by atoms with Crippen molar-refractivity contribution in [3.63, 3.8) is 0 Å². The number of hydrogen-bond acceptors (Lipinski definition) is 4. The number of piperidine rings is 1. The first-order valence-electron chi connectivity index (χ1n) is 8.57. The average molecular weight is 362 g/mol. The van der Waals surface area contributed by atoms with Gasteiger partial charge in [0.15, 0.2) is 10.8 Å². The molecule has 0 radical (unpaired) electrons. The second-order valence-electron chi connectivity index (χ2n) is 7.17. The molecule has 2 N–H and O–H groups in total. The fraction of sp³-hybridized carbons (Fsp3) is 0.529. The summed E-state index contributed by atoms with van der Waals surface area (Å²) in [5.74, 6) is -0.367. The molecule has 7 nitrogen and oxygen atoms in total. The van der Waals surface area contributed by atoms with Gasteiger partial charge in [0.2, 0.25) is 5.91 Å². The maximum Gasteiger partial charge on any atom is 0.268 e. The van der Waals surface area contributed by atoms with Gasteiger partial charge in [-0.15, -0.1) is 10.2 Å². The second-order valence-corrected chi connectivity index (χ2v) is 7.56. The molecule has 2 fully saturated rings. The summed E-state index contributed by atoms with van der Waals surface area (Å²) in [5.41, 5.74) is 1.34. The number of halogens is 1. The molecule has 1 atom stereocenters. The van der Waals surface area contributed by atoms with Gasteiger partial charge in [-0.25, -0.2) is 0 Å². The van der Waals surface area contributed by atoms with Crippen molar-refractivity contribution in [1.82, 2.24) is 25.4 Å². The zero-order chi connectivity index (χ0) is 17.6. The number of carbonyl (C=O) groups excluding carboxylic acids is 2. The molecule has 4 rings (SSSR count). The van der Waals surface area contributed by atoms with Crippen molar-refractivity contribution in [3.05, 3.63) is 23.0 Å². The fourth-order valence-electron chi connectivity index (χ4n) is 3.52. The molecule has 3 heterocycles. The number of carbonyl (C=O) groups is 2. The number of aromatic nitrogens is 3. The van der Waals surface area contributed by atoms with Gasteiger partial charge >= 0.3 is 0 Å². The van der Waals surface area contributed by atoms with Gasteiger partial charge in [-0.2, -0.15) is 0 Å². The Balaban J connectivity index is 1.39. The van der Waals surface area contributed by atoms with Crippen LogP contribution in [-0.2, 0) is 4.79 Å². The minimum Gasteiger partial charge on any atom is -0.341 e. The van der Waals surface area contributed by atoms with Crippen LogP contribution in [0.5, 0.6) is 0 Å². The minimum absolute atomic E-state index is 0.0252. The molecule has 25 heavy (non-hydrogen) atoms. The minimum atomic E-state index is -0.568. The van der Waals surface area contributed by atoms with Crippen LogP contribution in [0.3, 0.4) is 0 Å². The fourth-order valence-corrected chi connectivity index (χ4v) is 3.67. The molecular weight excluding hydrogens is 342 g/mol. The van der Waals surface area contributed by atoms with Gasteiger partial charge in [-0.1, -0.05) is 11.6 Å². The molecule has 0 unspecified atom stereocenters. The largest absolute Gasteiger partial charge is 0.341 e. The highest BCUT2D eigenvalue weighted by atomic mass is 35.5. The van der Waals surface area contributed by atoms with Crippen LogP contribution in [0.2, 0.25) is 5.15 Å². The molecule has 2 aromatic heterocycles. The zero-order valence-corrected chi connectivity index (χ0v) is 14.8. The summed E-state index contributed by atoms with van der Waals surface area (Å²) in [5, 5.41) is 11.4. The predicted octanol–water partition coefficient (Wildman–Crippen LogP) is 2.13. The number of aromatic amines is 1. The lowest BCUT2D eigenvalue weighted by Gasteiger charge is -2.33. The summed E-state index contributed by atoms with van der Waals surface area (Å²) in [7, 11) is 0. The third kappa shape index (κ3) is 3.20. The number of H-pyrrole nitrogens is 1. The van der Waals surface area contributed by atoms with Crippen molar-refractivity contribution in [2.24, 2.45) is 5.41 Å². The molecule has 1 aliphatic carbocycles. The maximum atomic E-state index is 12.6. The predicted molar refractivity (Wildman–Crippen MR) is 93.3 cm³/mol. The van der Waals surface area contributed by atoms with Crippen LogP contribution >= 0.6 is 11.6 Å². The second kappa shape index (κ2) is 5.98. The Bertz CT molecular complexity index is 835. The van der Waals surface area contributed by atoms with E-state index in [9.17, 15) is 9.59 Å². The normalized spacial score (nSPS) is 19.8. The van der Waals surface area contributed by atoms with Gasteiger partial charge in [0.1, 0.15) is 11.7 Å². The lowest BCUT2D eigenvalue weighted by molar-refractivity contribution is -0.134.